The lowest BCUT2D eigenvalue weighted by molar-refractivity contribution is 0.0962. The number of para-hydroxylation sites is 1. The van der Waals surface area contributed by atoms with E-state index in [-0.39, 0.29) is 23.6 Å². The smallest absolute Gasteiger partial charge is 0.258 e. The molecule has 0 bridgehead atoms. The van der Waals surface area contributed by atoms with Crippen LogP contribution in [0.2, 0.25) is 0 Å². The van der Waals surface area contributed by atoms with E-state index in [0.717, 1.165) is 18.5 Å². The van der Waals surface area contributed by atoms with Crippen molar-refractivity contribution in [3.63, 3.8) is 0 Å². The number of nitrogens with one attached hydrogen (secondary N) is 1. The molecule has 1 saturated carbocycles. The van der Waals surface area contributed by atoms with Gasteiger partial charge in [0.2, 0.25) is 0 Å². The summed E-state index contributed by atoms with van der Waals surface area (Å²) in [4.78, 5) is 28.4. The van der Waals surface area contributed by atoms with E-state index in [1.165, 1.54) is 25.2 Å². The molecule has 7 heteroatoms. The average molecular weight is 521 g/mol. The number of hydrogen-bond acceptors (Lipinski definition) is 4. The Labute approximate surface area is 224 Å². The number of furan rings is 1. The minimum Gasteiger partial charge on any atom is -0.507 e. The molecule has 0 radical (unpaired) electrons. The van der Waals surface area contributed by atoms with Crippen molar-refractivity contribution in [2.24, 2.45) is 0 Å². The fraction of sp³-hybridized carbons (Fsp3) is 0.125. The van der Waals surface area contributed by atoms with E-state index in [0.29, 0.717) is 44.5 Å². The third kappa shape index (κ3) is 4.52. The van der Waals surface area contributed by atoms with Gasteiger partial charge in [-0.05, 0) is 85.1 Å². The summed E-state index contributed by atoms with van der Waals surface area (Å²) in [6.07, 6.45) is 1.89. The molecule has 1 aliphatic carbocycles. The molecule has 1 fully saturated rings. The van der Waals surface area contributed by atoms with Crippen molar-refractivity contribution < 1.29 is 23.5 Å². The van der Waals surface area contributed by atoms with E-state index in [4.69, 9.17) is 4.42 Å². The molecule has 2 amide bonds. The zero-order valence-corrected chi connectivity index (χ0v) is 21.1. The van der Waals surface area contributed by atoms with Crippen LogP contribution in [0.4, 0.5) is 10.1 Å². The Bertz CT molecular complexity index is 1710. The number of aromatic hydroxyl groups is 1. The lowest BCUT2D eigenvalue weighted by atomic mass is 9.98. The molecule has 5 aromatic rings. The van der Waals surface area contributed by atoms with Gasteiger partial charge in [0.1, 0.15) is 22.9 Å². The summed E-state index contributed by atoms with van der Waals surface area (Å²) in [6, 6.07) is 25.5. The molecular weight excluding hydrogens is 495 g/mol. The van der Waals surface area contributed by atoms with E-state index in [2.05, 4.69) is 5.32 Å². The van der Waals surface area contributed by atoms with Gasteiger partial charge in [-0.3, -0.25) is 9.59 Å². The average Bonchev–Trinajstić information content (AvgIpc) is 3.72. The van der Waals surface area contributed by atoms with Gasteiger partial charge in [0.15, 0.2) is 0 Å². The number of fused-ring (bicyclic) bond motifs is 1. The van der Waals surface area contributed by atoms with Crippen LogP contribution in [0.3, 0.4) is 0 Å². The quantitative estimate of drug-likeness (QED) is 0.259. The summed E-state index contributed by atoms with van der Waals surface area (Å²) < 4.78 is 19.6. The number of anilines is 1. The number of rotatable bonds is 6. The van der Waals surface area contributed by atoms with Gasteiger partial charge in [-0.25, -0.2) is 4.39 Å². The zero-order valence-electron chi connectivity index (χ0n) is 21.1. The van der Waals surface area contributed by atoms with Crippen LogP contribution in [0.1, 0.15) is 33.6 Å². The van der Waals surface area contributed by atoms with E-state index < -0.39 is 5.82 Å². The third-order valence-corrected chi connectivity index (χ3v) is 6.97. The van der Waals surface area contributed by atoms with Crippen molar-refractivity contribution in [2.45, 2.75) is 18.9 Å². The van der Waals surface area contributed by atoms with Gasteiger partial charge in [-0.15, -0.1) is 0 Å². The highest BCUT2D eigenvalue weighted by Gasteiger charge is 2.34. The van der Waals surface area contributed by atoms with E-state index in [9.17, 15) is 19.1 Å². The molecule has 0 unspecified atom stereocenters. The minimum absolute atomic E-state index is 0.00679. The zero-order chi connectivity index (χ0) is 27.1. The Hall–Kier alpha value is -4.91. The Kier molecular flexibility index (Phi) is 6.11. The number of halogens is 1. The number of carbonyl (C=O) groups excluding carboxylic acids is 2. The van der Waals surface area contributed by atoms with Gasteiger partial charge in [0.05, 0.1) is 5.56 Å². The van der Waals surface area contributed by atoms with Gasteiger partial charge >= 0.3 is 0 Å². The third-order valence-electron chi connectivity index (χ3n) is 6.97. The first-order valence-corrected chi connectivity index (χ1v) is 12.7. The second-order valence-electron chi connectivity index (χ2n) is 9.58. The van der Waals surface area contributed by atoms with Crippen molar-refractivity contribution >= 4 is 28.5 Å². The van der Waals surface area contributed by atoms with E-state index in [1.807, 2.05) is 35.2 Å². The lowest BCUT2D eigenvalue weighted by Gasteiger charge is -2.23. The summed E-state index contributed by atoms with van der Waals surface area (Å²) in [5.74, 6) is -0.568. The van der Waals surface area contributed by atoms with Crippen molar-refractivity contribution in [3.8, 4) is 28.2 Å². The van der Waals surface area contributed by atoms with E-state index >= 15 is 0 Å². The number of nitrogens with zero attached hydrogens (tertiary/aromatic N) is 1. The number of hydrogen-bond donors (Lipinski definition) is 2. The van der Waals surface area contributed by atoms with Crippen LogP contribution in [0.15, 0.2) is 95.4 Å². The number of benzene rings is 4. The predicted octanol–water partition coefficient (Wildman–Crippen LogP) is 6.78. The SMILES string of the molecule is CNC(=O)c1c(-c2ccc(F)cc2)oc2ccc(-c3cc(C(=O)N(c4ccccc4)C4CC4)ccc3O)cc12. The maximum absolute atomic E-state index is 13.7. The van der Waals surface area contributed by atoms with Gasteiger partial charge in [0.25, 0.3) is 11.8 Å². The van der Waals surface area contributed by atoms with Gasteiger partial charge in [-0.1, -0.05) is 24.3 Å². The Morgan fingerprint density at radius 2 is 1.64 bits per heavy atom. The van der Waals surface area contributed by atoms with Gasteiger partial charge in [-0.2, -0.15) is 0 Å². The first-order valence-electron chi connectivity index (χ1n) is 12.7. The van der Waals surface area contributed by atoms with Crippen molar-refractivity contribution in [2.75, 3.05) is 11.9 Å². The molecule has 1 aromatic heterocycles. The monoisotopic (exact) mass is 520 g/mol. The largest absolute Gasteiger partial charge is 0.507 e. The number of carbonyl (C=O) groups is 2. The lowest BCUT2D eigenvalue weighted by Crippen LogP contribution is -2.33. The molecule has 4 aromatic carbocycles. The fourth-order valence-corrected chi connectivity index (χ4v) is 4.87. The number of amides is 2. The van der Waals surface area contributed by atoms with Crippen LogP contribution in [-0.2, 0) is 0 Å². The summed E-state index contributed by atoms with van der Waals surface area (Å²) >= 11 is 0. The molecule has 1 heterocycles. The van der Waals surface area contributed by atoms with Gasteiger partial charge < -0.3 is 19.7 Å². The summed E-state index contributed by atoms with van der Waals surface area (Å²) in [5.41, 5.74) is 3.68. The van der Waals surface area contributed by atoms with Crippen molar-refractivity contribution in [1.82, 2.24) is 5.32 Å². The molecule has 0 aliphatic heterocycles. The van der Waals surface area contributed by atoms with Crippen molar-refractivity contribution in [1.29, 1.82) is 0 Å². The molecule has 194 valence electrons. The fourth-order valence-electron chi connectivity index (χ4n) is 4.87. The first kappa shape index (κ1) is 24.4. The molecule has 6 nitrogen and oxygen atoms in total. The topological polar surface area (TPSA) is 82.8 Å². The Balaban J connectivity index is 1.44. The van der Waals surface area contributed by atoms with E-state index in [1.54, 1.807) is 42.5 Å². The molecule has 2 N–H and O–H groups in total. The van der Waals surface area contributed by atoms with Crippen LogP contribution in [0.5, 0.6) is 5.75 Å². The maximum Gasteiger partial charge on any atom is 0.258 e. The molecule has 0 spiro atoms. The molecule has 6 rings (SSSR count). The Morgan fingerprint density at radius 1 is 0.923 bits per heavy atom. The standard InChI is InChI=1S/C32H25FN2O4/c1-34-31(37)29-26-17-20(10-16-28(26)39-30(29)19-7-11-22(33)12-8-19)25-18-21(9-15-27(25)36)32(38)35(24-13-14-24)23-5-3-2-4-6-23/h2-12,15-18,24,36H,13-14H2,1H3,(H,34,37). The summed E-state index contributed by atoms with van der Waals surface area (Å²) in [6.45, 7) is 0. The molecule has 39 heavy (non-hydrogen) atoms. The first-order chi connectivity index (χ1) is 18.9. The second kappa shape index (κ2) is 9.76. The molecule has 0 atom stereocenters. The van der Waals surface area contributed by atoms with Crippen LogP contribution in [0, 0.1) is 5.82 Å². The molecule has 0 saturated heterocycles. The Morgan fingerprint density at radius 3 is 2.33 bits per heavy atom. The summed E-state index contributed by atoms with van der Waals surface area (Å²) in [5, 5.41) is 14.0. The highest BCUT2D eigenvalue weighted by atomic mass is 19.1. The highest BCUT2D eigenvalue weighted by Crippen LogP contribution is 2.39. The number of phenols is 1. The highest BCUT2D eigenvalue weighted by molar-refractivity contribution is 6.12. The molecular formula is C32H25FN2O4. The normalized spacial score (nSPS) is 12.9. The van der Waals surface area contributed by atoms with Crippen LogP contribution in [-0.4, -0.2) is 30.0 Å². The number of phenolic OH excluding ortho intramolecular Hbond substituents is 1. The second-order valence-corrected chi connectivity index (χ2v) is 9.58. The maximum atomic E-state index is 13.7. The van der Waals surface area contributed by atoms with Gasteiger partial charge in [0, 0.05) is 40.9 Å². The summed E-state index contributed by atoms with van der Waals surface area (Å²) in [7, 11) is 1.53. The van der Waals surface area contributed by atoms with Crippen molar-refractivity contribution in [3.05, 3.63) is 108 Å². The van der Waals surface area contributed by atoms with Crippen LogP contribution >= 0.6 is 0 Å². The molecule has 1 aliphatic rings. The predicted molar refractivity (Wildman–Crippen MR) is 148 cm³/mol. The van der Waals surface area contributed by atoms with Crippen LogP contribution in [0.25, 0.3) is 33.4 Å². The van der Waals surface area contributed by atoms with Crippen LogP contribution < -0.4 is 10.2 Å². The minimum atomic E-state index is -0.393.